The normalized spacial score (nSPS) is 12.0. The molecule has 1 unspecified atom stereocenters. The first-order valence-corrected chi connectivity index (χ1v) is 9.46. The van der Waals surface area contributed by atoms with Gasteiger partial charge in [0, 0.05) is 11.3 Å². The third-order valence-electron chi connectivity index (χ3n) is 4.89. The summed E-state index contributed by atoms with van der Waals surface area (Å²) in [6.45, 7) is 8.90. The molecule has 4 nitrogen and oxygen atoms in total. The first kappa shape index (κ1) is 18.9. The lowest BCUT2D eigenvalue weighted by atomic mass is 10.0. The Morgan fingerprint density at radius 1 is 1.04 bits per heavy atom. The van der Waals surface area contributed by atoms with Crippen LogP contribution in [0.1, 0.15) is 58.3 Å². The molecule has 0 aliphatic rings. The van der Waals surface area contributed by atoms with Gasteiger partial charge in [-0.05, 0) is 62.1 Å². The average molecular weight is 361 g/mol. The van der Waals surface area contributed by atoms with Crippen molar-refractivity contribution in [2.24, 2.45) is 0 Å². The number of nitrogens with one attached hydrogen (secondary N) is 1. The van der Waals surface area contributed by atoms with Crippen molar-refractivity contribution in [1.82, 2.24) is 15.1 Å². The minimum Gasteiger partial charge on any atom is -0.346 e. The molecule has 1 N–H and O–H groups in total. The lowest BCUT2D eigenvalue weighted by Gasteiger charge is -2.15. The van der Waals surface area contributed by atoms with Crippen LogP contribution in [-0.4, -0.2) is 15.7 Å². The van der Waals surface area contributed by atoms with E-state index in [0.29, 0.717) is 12.1 Å². The summed E-state index contributed by atoms with van der Waals surface area (Å²) in [5, 5.41) is 7.56. The van der Waals surface area contributed by atoms with Crippen molar-refractivity contribution in [3.05, 3.63) is 88.2 Å². The van der Waals surface area contributed by atoms with E-state index in [1.807, 2.05) is 42.8 Å². The molecule has 0 bridgehead atoms. The fraction of sp³-hybridized carbons (Fsp3) is 0.304. The Labute approximate surface area is 161 Å². The van der Waals surface area contributed by atoms with Crippen LogP contribution >= 0.6 is 0 Å². The molecule has 1 amide bonds. The molecule has 0 spiro atoms. The van der Waals surface area contributed by atoms with Crippen molar-refractivity contribution in [1.29, 1.82) is 0 Å². The van der Waals surface area contributed by atoms with Crippen molar-refractivity contribution in [3.8, 4) is 0 Å². The highest BCUT2D eigenvalue weighted by Crippen LogP contribution is 2.15. The van der Waals surface area contributed by atoms with Crippen molar-refractivity contribution in [3.63, 3.8) is 0 Å². The van der Waals surface area contributed by atoms with Gasteiger partial charge in [-0.3, -0.25) is 9.48 Å². The molecule has 0 saturated carbocycles. The van der Waals surface area contributed by atoms with Crippen LogP contribution in [0.15, 0.2) is 54.6 Å². The maximum Gasteiger partial charge on any atom is 0.251 e. The second-order valence-corrected chi connectivity index (χ2v) is 7.07. The predicted molar refractivity (Wildman–Crippen MR) is 109 cm³/mol. The molecule has 0 aliphatic carbocycles. The van der Waals surface area contributed by atoms with Crippen LogP contribution in [0, 0.1) is 13.8 Å². The lowest BCUT2D eigenvalue weighted by Crippen LogP contribution is -2.26. The number of rotatable bonds is 6. The van der Waals surface area contributed by atoms with Crippen LogP contribution in [0.2, 0.25) is 0 Å². The minimum atomic E-state index is -0.0558. The van der Waals surface area contributed by atoms with Crippen LogP contribution in [-0.2, 0) is 13.0 Å². The van der Waals surface area contributed by atoms with Gasteiger partial charge in [0.2, 0.25) is 0 Å². The number of carbonyl (C=O) groups excluding carboxylic acids is 1. The zero-order valence-electron chi connectivity index (χ0n) is 16.5. The van der Waals surface area contributed by atoms with Crippen LogP contribution in [0.4, 0.5) is 0 Å². The topological polar surface area (TPSA) is 46.9 Å². The highest BCUT2D eigenvalue weighted by atomic mass is 16.1. The zero-order valence-corrected chi connectivity index (χ0v) is 16.5. The number of hydrogen-bond acceptors (Lipinski definition) is 2. The van der Waals surface area contributed by atoms with Gasteiger partial charge in [-0.25, -0.2) is 0 Å². The third kappa shape index (κ3) is 4.64. The summed E-state index contributed by atoms with van der Waals surface area (Å²) in [5.41, 5.74) is 6.36. The van der Waals surface area contributed by atoms with Crippen LogP contribution in [0.25, 0.3) is 0 Å². The van der Waals surface area contributed by atoms with E-state index < -0.39 is 0 Å². The third-order valence-corrected chi connectivity index (χ3v) is 4.89. The molecule has 1 heterocycles. The van der Waals surface area contributed by atoms with E-state index in [1.165, 1.54) is 5.56 Å². The minimum absolute atomic E-state index is 0.0298. The summed E-state index contributed by atoms with van der Waals surface area (Å²) < 4.78 is 1.98. The molecule has 3 rings (SSSR count). The number of carbonyl (C=O) groups is 1. The Kier molecular flexibility index (Phi) is 5.75. The van der Waals surface area contributed by atoms with Gasteiger partial charge in [0.25, 0.3) is 5.91 Å². The Hall–Kier alpha value is -2.88. The zero-order chi connectivity index (χ0) is 19.4. The van der Waals surface area contributed by atoms with Crippen molar-refractivity contribution >= 4 is 5.91 Å². The van der Waals surface area contributed by atoms with E-state index in [-0.39, 0.29) is 11.9 Å². The molecule has 0 radical (unpaired) electrons. The van der Waals surface area contributed by atoms with Crippen LogP contribution in [0.5, 0.6) is 0 Å². The summed E-state index contributed by atoms with van der Waals surface area (Å²) in [7, 11) is 0. The van der Waals surface area contributed by atoms with Gasteiger partial charge in [-0.1, -0.05) is 43.3 Å². The second kappa shape index (κ2) is 8.21. The quantitative estimate of drug-likeness (QED) is 0.697. The number of hydrogen-bond donors (Lipinski definition) is 1. The molecular weight excluding hydrogens is 334 g/mol. The fourth-order valence-corrected chi connectivity index (χ4v) is 3.17. The summed E-state index contributed by atoms with van der Waals surface area (Å²) >= 11 is 0. The Balaban J connectivity index is 1.63. The molecule has 27 heavy (non-hydrogen) atoms. The van der Waals surface area contributed by atoms with E-state index in [2.05, 4.69) is 54.6 Å². The fourth-order valence-electron chi connectivity index (χ4n) is 3.17. The van der Waals surface area contributed by atoms with E-state index in [1.54, 1.807) is 0 Å². The maximum absolute atomic E-state index is 12.5. The van der Waals surface area contributed by atoms with Crippen LogP contribution < -0.4 is 5.32 Å². The molecule has 140 valence electrons. The molecule has 0 saturated heterocycles. The van der Waals surface area contributed by atoms with Gasteiger partial charge >= 0.3 is 0 Å². The average Bonchev–Trinajstić information content (AvgIpc) is 2.99. The van der Waals surface area contributed by atoms with E-state index in [0.717, 1.165) is 28.9 Å². The summed E-state index contributed by atoms with van der Waals surface area (Å²) in [4.78, 5) is 12.5. The first-order chi connectivity index (χ1) is 13.0. The molecule has 1 atom stereocenters. The van der Waals surface area contributed by atoms with E-state index >= 15 is 0 Å². The summed E-state index contributed by atoms with van der Waals surface area (Å²) in [6.07, 6.45) is 1.02. The Morgan fingerprint density at radius 3 is 2.22 bits per heavy atom. The molecule has 0 aliphatic heterocycles. The van der Waals surface area contributed by atoms with E-state index in [4.69, 9.17) is 0 Å². The van der Waals surface area contributed by atoms with E-state index in [9.17, 15) is 4.79 Å². The Morgan fingerprint density at radius 2 is 1.67 bits per heavy atom. The smallest absolute Gasteiger partial charge is 0.251 e. The van der Waals surface area contributed by atoms with Gasteiger partial charge in [0.15, 0.2) is 0 Å². The van der Waals surface area contributed by atoms with Gasteiger partial charge in [-0.2, -0.15) is 5.10 Å². The molecular formula is C23H27N3O. The predicted octanol–water partition coefficient (Wildman–Crippen LogP) is 4.60. The van der Waals surface area contributed by atoms with Crippen LogP contribution in [0.3, 0.4) is 0 Å². The number of aromatic nitrogens is 2. The monoisotopic (exact) mass is 361 g/mol. The van der Waals surface area contributed by atoms with Crippen molar-refractivity contribution < 1.29 is 4.79 Å². The second-order valence-electron chi connectivity index (χ2n) is 7.07. The molecule has 3 aromatic rings. The number of nitrogens with zero attached hydrogens (tertiary/aromatic N) is 2. The number of benzene rings is 2. The summed E-state index contributed by atoms with van der Waals surface area (Å²) in [6, 6.07) is 18.2. The largest absolute Gasteiger partial charge is 0.346 e. The maximum atomic E-state index is 12.5. The molecule has 2 aromatic carbocycles. The van der Waals surface area contributed by atoms with Gasteiger partial charge < -0.3 is 5.32 Å². The highest BCUT2D eigenvalue weighted by Gasteiger charge is 2.12. The van der Waals surface area contributed by atoms with Gasteiger partial charge in [-0.15, -0.1) is 0 Å². The van der Waals surface area contributed by atoms with Gasteiger partial charge in [0.1, 0.15) is 0 Å². The standard InChI is InChI=1S/C23H27N3O/c1-5-19-6-10-21(11-7-19)18(4)24-23(27)22-12-8-20(9-13-22)15-26-17(3)14-16(2)25-26/h6-14,18H,5,15H2,1-4H3,(H,24,27). The summed E-state index contributed by atoms with van der Waals surface area (Å²) in [5.74, 6) is -0.0558. The number of amides is 1. The first-order valence-electron chi connectivity index (χ1n) is 9.46. The molecule has 0 fully saturated rings. The van der Waals surface area contributed by atoms with Gasteiger partial charge in [0.05, 0.1) is 18.3 Å². The van der Waals surface area contributed by atoms with Crippen molar-refractivity contribution in [2.45, 2.75) is 46.7 Å². The Bertz CT molecular complexity index is 908. The highest BCUT2D eigenvalue weighted by molar-refractivity contribution is 5.94. The number of aryl methyl sites for hydroxylation is 3. The lowest BCUT2D eigenvalue weighted by molar-refractivity contribution is 0.0940. The molecule has 4 heteroatoms. The molecule has 1 aromatic heterocycles. The SMILES string of the molecule is CCc1ccc(C(C)NC(=O)c2ccc(Cn3nc(C)cc3C)cc2)cc1. The van der Waals surface area contributed by atoms with Crippen molar-refractivity contribution in [2.75, 3.05) is 0 Å².